The summed E-state index contributed by atoms with van der Waals surface area (Å²) >= 11 is 6.10. The number of nitrogens with one attached hydrogen (secondary N) is 1. The van der Waals surface area contributed by atoms with Crippen LogP contribution in [0.3, 0.4) is 0 Å². The standard InChI is InChI=1S/C22H30ClN3O4S2/c1-17(2)16-25(20-7-4-6-18(23)14-20)32(29,30)22-11-9-19(10-12-22)26(31(3,27)28)21-8-5-13-24-15-21/h4,6-7,9-12,14,17,21,24H,5,8,13,15-16H2,1-3H3/t21-/m0/s1. The molecule has 1 fully saturated rings. The van der Waals surface area contributed by atoms with Crippen LogP contribution in [0.4, 0.5) is 11.4 Å². The van der Waals surface area contributed by atoms with Crippen molar-refractivity contribution in [1.29, 1.82) is 0 Å². The molecule has 0 unspecified atom stereocenters. The summed E-state index contributed by atoms with van der Waals surface area (Å²) in [5.74, 6) is 0.0857. The molecular weight excluding hydrogens is 470 g/mol. The van der Waals surface area contributed by atoms with Crippen LogP contribution in [0.2, 0.25) is 5.02 Å². The molecule has 10 heteroatoms. The minimum Gasteiger partial charge on any atom is -0.315 e. The van der Waals surface area contributed by atoms with Crippen LogP contribution in [-0.2, 0) is 20.0 Å². The highest BCUT2D eigenvalue weighted by Gasteiger charge is 2.30. The van der Waals surface area contributed by atoms with Gasteiger partial charge in [0.1, 0.15) is 0 Å². The molecule has 2 aromatic rings. The van der Waals surface area contributed by atoms with E-state index in [1.54, 1.807) is 36.4 Å². The highest BCUT2D eigenvalue weighted by molar-refractivity contribution is 7.93. The minimum atomic E-state index is -3.87. The zero-order valence-corrected chi connectivity index (χ0v) is 20.9. The number of sulfonamides is 2. The monoisotopic (exact) mass is 499 g/mol. The largest absolute Gasteiger partial charge is 0.315 e. The molecule has 32 heavy (non-hydrogen) atoms. The van der Waals surface area contributed by atoms with E-state index in [1.807, 2.05) is 13.8 Å². The first kappa shape index (κ1) is 24.8. The van der Waals surface area contributed by atoms with Gasteiger partial charge in [0, 0.05) is 18.1 Å². The van der Waals surface area contributed by atoms with Crippen LogP contribution in [0, 0.1) is 5.92 Å². The van der Waals surface area contributed by atoms with Gasteiger partial charge in [-0.25, -0.2) is 16.8 Å². The summed E-state index contributed by atoms with van der Waals surface area (Å²) in [5.41, 5.74) is 0.944. The fraction of sp³-hybridized carbons (Fsp3) is 0.455. The number of rotatable bonds is 8. The molecular formula is C22H30ClN3O4S2. The Kier molecular flexibility index (Phi) is 7.75. The number of hydrogen-bond acceptors (Lipinski definition) is 5. The van der Waals surface area contributed by atoms with Crippen molar-refractivity contribution in [3.8, 4) is 0 Å². The second kappa shape index (κ2) is 9.99. The van der Waals surface area contributed by atoms with Crippen molar-refractivity contribution in [2.45, 2.75) is 37.6 Å². The first-order valence-electron chi connectivity index (χ1n) is 10.6. The Morgan fingerprint density at radius 1 is 1.06 bits per heavy atom. The van der Waals surface area contributed by atoms with E-state index >= 15 is 0 Å². The number of anilines is 2. The van der Waals surface area contributed by atoms with E-state index in [1.165, 1.54) is 27.0 Å². The van der Waals surface area contributed by atoms with Crippen LogP contribution in [0.25, 0.3) is 0 Å². The molecule has 0 bridgehead atoms. The number of halogens is 1. The molecule has 0 amide bonds. The van der Waals surface area contributed by atoms with Crippen molar-refractivity contribution < 1.29 is 16.8 Å². The number of nitrogens with zero attached hydrogens (tertiary/aromatic N) is 2. The molecule has 1 atom stereocenters. The SMILES string of the molecule is CC(C)CN(c1cccc(Cl)c1)S(=O)(=O)c1ccc(N([C@H]2CCCNC2)S(C)(=O)=O)cc1. The fourth-order valence-electron chi connectivity index (χ4n) is 3.90. The Balaban J connectivity index is 1.97. The second-order valence-corrected chi connectivity index (χ2v) is 12.6. The van der Waals surface area contributed by atoms with Crippen LogP contribution in [0.1, 0.15) is 26.7 Å². The van der Waals surface area contributed by atoms with Crippen LogP contribution in [-0.4, -0.2) is 48.8 Å². The normalized spacial score (nSPS) is 17.3. The maximum absolute atomic E-state index is 13.5. The van der Waals surface area contributed by atoms with E-state index < -0.39 is 20.0 Å². The van der Waals surface area contributed by atoms with E-state index in [0.29, 0.717) is 22.9 Å². The van der Waals surface area contributed by atoms with Gasteiger partial charge in [0.2, 0.25) is 10.0 Å². The molecule has 2 aromatic carbocycles. The third-order valence-electron chi connectivity index (χ3n) is 5.27. The van der Waals surface area contributed by atoms with Crippen molar-refractivity contribution in [3.05, 3.63) is 53.6 Å². The molecule has 1 heterocycles. The van der Waals surface area contributed by atoms with Crippen molar-refractivity contribution in [1.82, 2.24) is 5.32 Å². The summed E-state index contributed by atoms with van der Waals surface area (Å²) in [5, 5.41) is 3.68. The predicted octanol–water partition coefficient (Wildman–Crippen LogP) is 3.71. The van der Waals surface area contributed by atoms with Crippen molar-refractivity contribution >= 4 is 43.0 Å². The molecule has 1 aliphatic heterocycles. The average molecular weight is 500 g/mol. The molecule has 7 nitrogen and oxygen atoms in total. The first-order valence-corrected chi connectivity index (χ1v) is 14.3. The van der Waals surface area contributed by atoms with Crippen LogP contribution >= 0.6 is 11.6 Å². The van der Waals surface area contributed by atoms with Gasteiger partial charge in [-0.05, 0) is 67.8 Å². The van der Waals surface area contributed by atoms with Gasteiger partial charge < -0.3 is 5.32 Å². The van der Waals surface area contributed by atoms with Gasteiger partial charge in [-0.3, -0.25) is 8.61 Å². The van der Waals surface area contributed by atoms with E-state index in [0.717, 1.165) is 19.4 Å². The van der Waals surface area contributed by atoms with Crippen molar-refractivity contribution in [2.24, 2.45) is 5.92 Å². The topological polar surface area (TPSA) is 86.8 Å². The molecule has 1 N–H and O–H groups in total. The number of benzene rings is 2. The lowest BCUT2D eigenvalue weighted by Crippen LogP contribution is -2.48. The van der Waals surface area contributed by atoms with E-state index in [4.69, 9.17) is 11.6 Å². The van der Waals surface area contributed by atoms with Crippen molar-refractivity contribution in [3.63, 3.8) is 0 Å². The van der Waals surface area contributed by atoms with E-state index in [9.17, 15) is 16.8 Å². The highest BCUT2D eigenvalue weighted by atomic mass is 35.5. The van der Waals surface area contributed by atoms with Gasteiger partial charge in [-0.2, -0.15) is 0 Å². The summed E-state index contributed by atoms with van der Waals surface area (Å²) in [6, 6.07) is 12.6. The maximum atomic E-state index is 13.5. The zero-order chi connectivity index (χ0) is 23.5. The van der Waals surface area contributed by atoms with Crippen LogP contribution in [0.5, 0.6) is 0 Å². The van der Waals surface area contributed by atoms with E-state index in [-0.39, 0.29) is 23.4 Å². The maximum Gasteiger partial charge on any atom is 0.264 e. The third-order valence-corrected chi connectivity index (χ3v) is 8.53. The predicted molar refractivity (Wildman–Crippen MR) is 130 cm³/mol. The van der Waals surface area contributed by atoms with Crippen LogP contribution in [0.15, 0.2) is 53.4 Å². The molecule has 1 aliphatic rings. The lowest BCUT2D eigenvalue weighted by molar-refractivity contribution is 0.455. The summed E-state index contributed by atoms with van der Waals surface area (Å²) in [4.78, 5) is 0.0945. The van der Waals surface area contributed by atoms with Crippen molar-refractivity contribution in [2.75, 3.05) is 34.5 Å². The Morgan fingerprint density at radius 2 is 1.75 bits per heavy atom. The Bertz CT molecular complexity index is 1130. The molecule has 1 saturated heterocycles. The van der Waals surface area contributed by atoms with Gasteiger partial charge in [-0.15, -0.1) is 0 Å². The lowest BCUT2D eigenvalue weighted by atomic mass is 10.1. The Labute approximate surface area is 196 Å². The fourth-order valence-corrected chi connectivity index (χ4v) is 6.93. The second-order valence-electron chi connectivity index (χ2n) is 8.46. The average Bonchev–Trinajstić information content (AvgIpc) is 2.72. The Morgan fingerprint density at radius 3 is 2.28 bits per heavy atom. The molecule has 0 spiro atoms. The smallest absolute Gasteiger partial charge is 0.264 e. The van der Waals surface area contributed by atoms with Gasteiger partial charge >= 0.3 is 0 Å². The minimum absolute atomic E-state index is 0.0857. The molecule has 0 aromatic heterocycles. The summed E-state index contributed by atoms with van der Waals surface area (Å²) < 4.78 is 54.8. The summed E-state index contributed by atoms with van der Waals surface area (Å²) in [6.07, 6.45) is 2.81. The zero-order valence-electron chi connectivity index (χ0n) is 18.5. The summed E-state index contributed by atoms with van der Waals surface area (Å²) in [7, 11) is -7.40. The molecule has 3 rings (SSSR count). The third kappa shape index (κ3) is 5.75. The summed E-state index contributed by atoms with van der Waals surface area (Å²) in [6.45, 7) is 5.59. The molecule has 0 saturated carbocycles. The van der Waals surface area contributed by atoms with E-state index in [2.05, 4.69) is 5.32 Å². The van der Waals surface area contributed by atoms with Crippen LogP contribution < -0.4 is 13.9 Å². The lowest BCUT2D eigenvalue weighted by Gasteiger charge is -2.34. The quantitative estimate of drug-likeness (QED) is 0.598. The van der Waals surface area contributed by atoms with Gasteiger partial charge in [-0.1, -0.05) is 31.5 Å². The molecule has 176 valence electrons. The Hall–Kier alpha value is -1.81. The molecule has 0 aliphatic carbocycles. The van der Waals surface area contributed by atoms with Gasteiger partial charge in [0.05, 0.1) is 28.6 Å². The first-order chi connectivity index (χ1) is 15.0. The number of hydrogen-bond donors (Lipinski definition) is 1. The highest BCUT2D eigenvalue weighted by Crippen LogP contribution is 2.30. The number of piperidine rings is 1. The van der Waals surface area contributed by atoms with Gasteiger partial charge in [0.25, 0.3) is 10.0 Å². The van der Waals surface area contributed by atoms with Gasteiger partial charge in [0.15, 0.2) is 0 Å². The molecule has 0 radical (unpaired) electrons.